The molecule has 0 aliphatic rings. The van der Waals surface area contributed by atoms with Crippen LogP contribution in [0.3, 0.4) is 0 Å². The summed E-state index contributed by atoms with van der Waals surface area (Å²) >= 11 is 0. The predicted octanol–water partition coefficient (Wildman–Crippen LogP) is 1.68. The van der Waals surface area contributed by atoms with Gasteiger partial charge in [-0.2, -0.15) is 0 Å². The molecule has 2 amide bonds. The van der Waals surface area contributed by atoms with Crippen molar-refractivity contribution >= 4 is 12.0 Å². The zero-order valence-corrected chi connectivity index (χ0v) is 10.5. The lowest BCUT2D eigenvalue weighted by molar-refractivity contribution is -0.137. The third kappa shape index (κ3) is 6.27. The van der Waals surface area contributed by atoms with Crippen molar-refractivity contribution in [3.8, 4) is 0 Å². The van der Waals surface area contributed by atoms with Crippen LogP contribution in [0.2, 0.25) is 0 Å². The van der Waals surface area contributed by atoms with Crippen molar-refractivity contribution in [2.24, 2.45) is 0 Å². The first-order valence-corrected chi connectivity index (χ1v) is 5.63. The van der Waals surface area contributed by atoms with Crippen LogP contribution in [0, 0.1) is 0 Å². The van der Waals surface area contributed by atoms with E-state index in [0.29, 0.717) is 13.0 Å². The molecule has 0 radical (unpaired) electrons. The maximum atomic E-state index is 11.7. The lowest BCUT2D eigenvalue weighted by atomic mass is 10.2. The summed E-state index contributed by atoms with van der Waals surface area (Å²) in [6.07, 6.45) is 0.581. The number of nitrogens with one attached hydrogen (secondary N) is 1. The number of nitrogens with zero attached hydrogens (tertiary/aromatic N) is 1. The van der Waals surface area contributed by atoms with Crippen LogP contribution in [-0.4, -0.2) is 40.6 Å². The van der Waals surface area contributed by atoms with Gasteiger partial charge in [0.05, 0.1) is 0 Å². The molecule has 16 heavy (non-hydrogen) atoms. The number of rotatable bonds is 6. The van der Waals surface area contributed by atoms with Gasteiger partial charge in [0.2, 0.25) is 0 Å². The molecule has 0 unspecified atom stereocenters. The molecule has 2 N–H and O–H groups in total. The summed E-state index contributed by atoms with van der Waals surface area (Å²) in [5, 5.41) is 11.3. The highest BCUT2D eigenvalue weighted by Crippen LogP contribution is 2.03. The number of amides is 2. The fraction of sp³-hybridized carbons (Fsp3) is 0.818. The van der Waals surface area contributed by atoms with Gasteiger partial charge in [-0.1, -0.05) is 0 Å². The van der Waals surface area contributed by atoms with E-state index in [0.717, 1.165) is 0 Å². The number of carboxylic acids is 1. The van der Waals surface area contributed by atoms with E-state index < -0.39 is 5.97 Å². The second-order valence-corrected chi connectivity index (χ2v) is 4.39. The number of urea groups is 1. The highest BCUT2D eigenvalue weighted by molar-refractivity contribution is 5.74. The van der Waals surface area contributed by atoms with Crippen LogP contribution in [0.5, 0.6) is 0 Å². The number of hydrogen-bond donors (Lipinski definition) is 2. The monoisotopic (exact) mass is 230 g/mol. The molecule has 0 spiro atoms. The van der Waals surface area contributed by atoms with Gasteiger partial charge in [-0.25, -0.2) is 4.79 Å². The first-order valence-electron chi connectivity index (χ1n) is 5.63. The minimum atomic E-state index is -0.826. The van der Waals surface area contributed by atoms with E-state index >= 15 is 0 Å². The van der Waals surface area contributed by atoms with Gasteiger partial charge >= 0.3 is 12.0 Å². The van der Waals surface area contributed by atoms with E-state index in [9.17, 15) is 9.59 Å². The molecule has 0 aromatic carbocycles. The summed E-state index contributed by atoms with van der Waals surface area (Å²) in [5.41, 5.74) is 0. The zero-order chi connectivity index (χ0) is 12.7. The van der Waals surface area contributed by atoms with Gasteiger partial charge in [-0.3, -0.25) is 4.79 Å². The minimum absolute atomic E-state index is 0.0764. The zero-order valence-electron chi connectivity index (χ0n) is 10.5. The lowest BCUT2D eigenvalue weighted by Gasteiger charge is -2.27. The van der Waals surface area contributed by atoms with Crippen molar-refractivity contribution in [2.45, 2.75) is 52.6 Å². The third-order valence-electron chi connectivity index (χ3n) is 2.09. The molecule has 0 aliphatic carbocycles. The van der Waals surface area contributed by atoms with E-state index in [1.807, 2.05) is 27.7 Å². The Balaban J connectivity index is 4.16. The predicted molar refractivity (Wildman–Crippen MR) is 62.4 cm³/mol. The molecular formula is C11H22N2O3. The van der Waals surface area contributed by atoms with Crippen LogP contribution < -0.4 is 5.32 Å². The van der Waals surface area contributed by atoms with Crippen molar-refractivity contribution in [3.63, 3.8) is 0 Å². The number of carboxylic acid groups (broad SMARTS) is 1. The Morgan fingerprint density at radius 2 is 1.81 bits per heavy atom. The Morgan fingerprint density at radius 1 is 1.25 bits per heavy atom. The van der Waals surface area contributed by atoms with Crippen LogP contribution in [0.25, 0.3) is 0 Å². The van der Waals surface area contributed by atoms with Crippen LogP contribution in [0.4, 0.5) is 4.79 Å². The highest BCUT2D eigenvalue weighted by Gasteiger charge is 2.17. The largest absolute Gasteiger partial charge is 0.481 e. The van der Waals surface area contributed by atoms with Gasteiger partial charge in [0.15, 0.2) is 0 Å². The Hall–Kier alpha value is -1.26. The Kier molecular flexibility index (Phi) is 6.53. The van der Waals surface area contributed by atoms with Gasteiger partial charge in [-0.05, 0) is 34.1 Å². The number of aliphatic carboxylic acids is 1. The second-order valence-electron chi connectivity index (χ2n) is 4.39. The third-order valence-corrected chi connectivity index (χ3v) is 2.09. The number of hydrogen-bond acceptors (Lipinski definition) is 2. The van der Waals surface area contributed by atoms with E-state index in [1.54, 1.807) is 4.90 Å². The molecule has 0 aromatic heterocycles. The highest BCUT2D eigenvalue weighted by atomic mass is 16.4. The minimum Gasteiger partial charge on any atom is -0.481 e. The molecule has 0 saturated carbocycles. The molecule has 0 heterocycles. The normalized spacial score (nSPS) is 10.6. The maximum absolute atomic E-state index is 11.7. The summed E-state index contributed by atoms with van der Waals surface area (Å²) < 4.78 is 0. The molecule has 0 fully saturated rings. The lowest BCUT2D eigenvalue weighted by Crippen LogP contribution is -2.46. The fourth-order valence-corrected chi connectivity index (χ4v) is 1.32. The smallest absolute Gasteiger partial charge is 0.317 e. The molecular weight excluding hydrogens is 208 g/mol. The summed E-state index contributed by atoms with van der Waals surface area (Å²) in [6, 6.07) is 0.0381. The molecule has 0 rings (SSSR count). The molecule has 5 nitrogen and oxygen atoms in total. The molecule has 5 heteroatoms. The first-order chi connectivity index (χ1) is 7.34. The first kappa shape index (κ1) is 14.7. The number of carbonyl (C=O) groups is 2. The van der Waals surface area contributed by atoms with Crippen molar-refractivity contribution in [3.05, 3.63) is 0 Å². The van der Waals surface area contributed by atoms with Gasteiger partial charge in [0.25, 0.3) is 0 Å². The molecule has 0 saturated heterocycles. The average molecular weight is 230 g/mol. The maximum Gasteiger partial charge on any atom is 0.317 e. The van der Waals surface area contributed by atoms with Crippen LogP contribution in [0.1, 0.15) is 40.5 Å². The summed E-state index contributed by atoms with van der Waals surface area (Å²) in [6.45, 7) is 8.10. The van der Waals surface area contributed by atoms with E-state index in [1.165, 1.54) is 0 Å². The Labute approximate surface area is 96.8 Å². The van der Waals surface area contributed by atoms with Gasteiger partial charge in [0.1, 0.15) is 0 Å². The average Bonchev–Trinajstić information content (AvgIpc) is 2.09. The van der Waals surface area contributed by atoms with E-state index in [-0.39, 0.29) is 24.5 Å². The van der Waals surface area contributed by atoms with Crippen LogP contribution in [0.15, 0.2) is 0 Å². The van der Waals surface area contributed by atoms with Crippen molar-refractivity contribution in [1.29, 1.82) is 0 Å². The van der Waals surface area contributed by atoms with Crippen LogP contribution in [-0.2, 0) is 4.79 Å². The second kappa shape index (κ2) is 7.09. The summed E-state index contributed by atoms with van der Waals surface area (Å²) in [4.78, 5) is 23.8. The van der Waals surface area contributed by atoms with Gasteiger partial charge < -0.3 is 15.3 Å². The topological polar surface area (TPSA) is 69.6 Å². The van der Waals surface area contributed by atoms with Gasteiger partial charge in [0, 0.05) is 25.0 Å². The molecule has 0 aliphatic heterocycles. The Bertz CT molecular complexity index is 239. The van der Waals surface area contributed by atoms with E-state index in [2.05, 4.69) is 5.32 Å². The SMILES string of the molecule is CC(C)NC(=O)N(CCCC(=O)O)C(C)C. The van der Waals surface area contributed by atoms with Gasteiger partial charge in [-0.15, -0.1) is 0 Å². The molecule has 0 aromatic rings. The quantitative estimate of drug-likeness (QED) is 0.729. The van der Waals surface area contributed by atoms with Crippen LogP contribution >= 0.6 is 0 Å². The number of carbonyl (C=O) groups excluding carboxylic acids is 1. The molecule has 0 bridgehead atoms. The van der Waals surface area contributed by atoms with Crippen molar-refractivity contribution in [2.75, 3.05) is 6.54 Å². The fourth-order valence-electron chi connectivity index (χ4n) is 1.32. The summed E-state index contributed by atoms with van der Waals surface area (Å²) in [7, 11) is 0. The van der Waals surface area contributed by atoms with E-state index in [4.69, 9.17) is 5.11 Å². The van der Waals surface area contributed by atoms with Crippen molar-refractivity contribution < 1.29 is 14.7 Å². The summed E-state index contributed by atoms with van der Waals surface area (Å²) in [5.74, 6) is -0.826. The molecule has 94 valence electrons. The Morgan fingerprint density at radius 3 is 2.19 bits per heavy atom. The standard InChI is InChI=1S/C11H22N2O3/c1-8(2)12-11(16)13(9(3)4)7-5-6-10(14)15/h8-9H,5-7H2,1-4H3,(H,12,16)(H,14,15). The molecule has 0 atom stereocenters. The van der Waals surface area contributed by atoms with Crippen molar-refractivity contribution in [1.82, 2.24) is 10.2 Å².